The first-order valence-electron chi connectivity index (χ1n) is 9.80. The molecule has 154 valence electrons. The molecule has 2 aromatic rings. The number of methoxy groups -OCH3 is 1. The fraction of sp³-hybridized carbons (Fsp3) is 0.348. The molecule has 0 N–H and O–H groups in total. The molecule has 2 heterocycles. The van der Waals surface area contributed by atoms with Gasteiger partial charge < -0.3 is 14.2 Å². The van der Waals surface area contributed by atoms with Gasteiger partial charge >= 0.3 is 0 Å². The lowest BCUT2D eigenvalue weighted by atomic mass is 10.1. The van der Waals surface area contributed by atoms with Gasteiger partial charge in [0.2, 0.25) is 5.78 Å². The number of rotatable bonds is 6. The number of Topliss-reactive ketones (excluding diaryl/α,β-unsaturated/α-hetero) is 1. The minimum Gasteiger partial charge on any atom is -0.497 e. The van der Waals surface area contributed by atoms with Crippen LogP contribution in [0.1, 0.15) is 35.2 Å². The van der Waals surface area contributed by atoms with Crippen molar-refractivity contribution in [3.05, 3.63) is 59.4 Å². The number of ketones is 1. The standard InChI is InChI=1S/C23H25NO4.ClH/c1-26-18-7-5-17(6-8-18)15-22-23(25)20-10-9-19(16-21(20)28-22)27-14-13-24-11-3-2-4-12-24;/h5-10,15-16H,2-4,11-14H2,1H3;1H/b22-15-;. The van der Waals surface area contributed by atoms with E-state index in [1.54, 1.807) is 25.3 Å². The Balaban J connectivity index is 0.00000240. The van der Waals surface area contributed by atoms with Crippen molar-refractivity contribution in [2.45, 2.75) is 19.3 Å². The average molecular weight is 416 g/mol. The summed E-state index contributed by atoms with van der Waals surface area (Å²) in [5.74, 6) is 2.28. The highest BCUT2D eigenvalue weighted by molar-refractivity contribution is 6.14. The SMILES string of the molecule is COc1ccc(/C=C2\Oc3cc(OCCN4CCCCC4)ccc3C2=O)cc1.Cl. The van der Waals surface area contributed by atoms with Crippen LogP contribution in [0.2, 0.25) is 0 Å². The zero-order valence-electron chi connectivity index (χ0n) is 16.6. The second kappa shape index (κ2) is 9.81. The Kier molecular flexibility index (Phi) is 7.18. The van der Waals surface area contributed by atoms with Crippen LogP contribution in [-0.2, 0) is 0 Å². The molecule has 0 bridgehead atoms. The molecule has 0 aliphatic carbocycles. The number of hydrogen-bond donors (Lipinski definition) is 0. The van der Waals surface area contributed by atoms with Crippen LogP contribution in [0.15, 0.2) is 48.2 Å². The summed E-state index contributed by atoms with van der Waals surface area (Å²) in [6.45, 7) is 3.89. The number of likely N-dealkylation sites (tertiary alicyclic amines) is 1. The third kappa shape index (κ3) is 5.11. The average Bonchev–Trinajstić information content (AvgIpc) is 3.04. The highest BCUT2D eigenvalue weighted by atomic mass is 35.5. The first kappa shape index (κ1) is 21.2. The maximum Gasteiger partial charge on any atom is 0.231 e. The lowest BCUT2D eigenvalue weighted by molar-refractivity contribution is 0.101. The summed E-state index contributed by atoms with van der Waals surface area (Å²) in [5.41, 5.74) is 1.46. The van der Waals surface area contributed by atoms with Crippen LogP contribution >= 0.6 is 12.4 Å². The van der Waals surface area contributed by atoms with Crippen molar-refractivity contribution in [1.82, 2.24) is 4.90 Å². The lowest BCUT2D eigenvalue weighted by Gasteiger charge is -2.26. The normalized spacial score (nSPS) is 17.4. The van der Waals surface area contributed by atoms with Gasteiger partial charge in [-0.1, -0.05) is 18.6 Å². The summed E-state index contributed by atoms with van der Waals surface area (Å²) in [5, 5.41) is 0. The Morgan fingerprint density at radius 1 is 1.03 bits per heavy atom. The van der Waals surface area contributed by atoms with Crippen molar-refractivity contribution in [3.63, 3.8) is 0 Å². The van der Waals surface area contributed by atoms with E-state index in [2.05, 4.69) is 4.90 Å². The van der Waals surface area contributed by atoms with E-state index in [4.69, 9.17) is 14.2 Å². The van der Waals surface area contributed by atoms with E-state index in [0.717, 1.165) is 36.7 Å². The molecule has 0 saturated carbocycles. The maximum absolute atomic E-state index is 12.6. The van der Waals surface area contributed by atoms with Crippen LogP contribution in [0.3, 0.4) is 0 Å². The van der Waals surface area contributed by atoms with Crippen LogP contribution in [0.5, 0.6) is 17.2 Å². The molecule has 2 aliphatic heterocycles. The van der Waals surface area contributed by atoms with Gasteiger partial charge in [0.05, 0.1) is 12.7 Å². The molecule has 0 amide bonds. The number of fused-ring (bicyclic) bond motifs is 1. The number of carbonyl (C=O) groups is 1. The van der Waals surface area contributed by atoms with Crippen LogP contribution in [0.25, 0.3) is 6.08 Å². The molecule has 0 spiro atoms. The minimum absolute atomic E-state index is 0. The van der Waals surface area contributed by atoms with Crippen LogP contribution in [-0.4, -0.2) is 44.0 Å². The summed E-state index contributed by atoms with van der Waals surface area (Å²) >= 11 is 0. The fourth-order valence-corrected chi connectivity index (χ4v) is 3.58. The predicted octanol–water partition coefficient (Wildman–Crippen LogP) is 4.60. The van der Waals surface area contributed by atoms with Gasteiger partial charge in [0.15, 0.2) is 5.76 Å². The quantitative estimate of drug-likeness (QED) is 0.645. The van der Waals surface area contributed by atoms with Crippen LogP contribution in [0, 0.1) is 0 Å². The number of piperidine rings is 1. The Hall–Kier alpha value is -2.50. The highest BCUT2D eigenvalue weighted by Gasteiger charge is 2.27. The summed E-state index contributed by atoms with van der Waals surface area (Å²) in [4.78, 5) is 15.0. The maximum atomic E-state index is 12.6. The van der Waals surface area contributed by atoms with Crippen LogP contribution < -0.4 is 14.2 Å². The summed E-state index contributed by atoms with van der Waals surface area (Å²) in [7, 11) is 1.62. The van der Waals surface area contributed by atoms with Gasteiger partial charge in [0, 0.05) is 12.6 Å². The van der Waals surface area contributed by atoms with E-state index in [9.17, 15) is 4.79 Å². The molecule has 1 fully saturated rings. The molecule has 29 heavy (non-hydrogen) atoms. The molecule has 2 aliphatic rings. The molecule has 2 aromatic carbocycles. The van der Waals surface area contributed by atoms with Crippen molar-refractivity contribution in [2.75, 3.05) is 33.4 Å². The van der Waals surface area contributed by atoms with Crippen molar-refractivity contribution in [1.29, 1.82) is 0 Å². The van der Waals surface area contributed by atoms with Crippen LogP contribution in [0.4, 0.5) is 0 Å². The highest BCUT2D eigenvalue weighted by Crippen LogP contribution is 2.35. The number of carbonyl (C=O) groups excluding carboxylic acids is 1. The lowest BCUT2D eigenvalue weighted by Crippen LogP contribution is -2.33. The zero-order valence-corrected chi connectivity index (χ0v) is 17.4. The van der Waals surface area contributed by atoms with Gasteiger partial charge in [0.1, 0.15) is 23.9 Å². The molecule has 0 aromatic heterocycles. The number of halogens is 1. The van der Waals surface area contributed by atoms with Gasteiger partial charge in [-0.05, 0) is 61.8 Å². The number of nitrogens with zero attached hydrogens (tertiary/aromatic N) is 1. The Labute approximate surface area is 177 Å². The van der Waals surface area contributed by atoms with E-state index in [1.807, 2.05) is 30.3 Å². The molecule has 6 heteroatoms. The molecule has 5 nitrogen and oxygen atoms in total. The topological polar surface area (TPSA) is 48.0 Å². The number of hydrogen-bond acceptors (Lipinski definition) is 5. The molecule has 0 radical (unpaired) electrons. The first-order chi connectivity index (χ1) is 13.7. The summed E-state index contributed by atoms with van der Waals surface area (Å²) in [6.07, 6.45) is 5.63. The molecule has 0 unspecified atom stereocenters. The summed E-state index contributed by atoms with van der Waals surface area (Å²) in [6, 6.07) is 12.9. The monoisotopic (exact) mass is 415 g/mol. The fourth-order valence-electron chi connectivity index (χ4n) is 3.58. The third-order valence-electron chi connectivity index (χ3n) is 5.18. The largest absolute Gasteiger partial charge is 0.497 e. The molecular weight excluding hydrogens is 390 g/mol. The van der Waals surface area contributed by atoms with Crippen molar-refractivity contribution in [3.8, 4) is 17.2 Å². The van der Waals surface area contributed by atoms with E-state index < -0.39 is 0 Å². The second-order valence-corrected chi connectivity index (χ2v) is 7.12. The van der Waals surface area contributed by atoms with Crippen molar-refractivity contribution >= 4 is 24.3 Å². The molecular formula is C23H26ClNO4. The Bertz CT molecular complexity index is 873. The number of allylic oxidation sites excluding steroid dienone is 1. The predicted molar refractivity (Wildman–Crippen MR) is 115 cm³/mol. The third-order valence-corrected chi connectivity index (χ3v) is 5.18. The molecule has 1 saturated heterocycles. The van der Waals surface area contributed by atoms with Crippen molar-refractivity contribution < 1.29 is 19.0 Å². The van der Waals surface area contributed by atoms with Gasteiger partial charge in [-0.25, -0.2) is 0 Å². The molecule has 4 rings (SSSR count). The summed E-state index contributed by atoms with van der Waals surface area (Å²) < 4.78 is 16.8. The first-order valence-corrected chi connectivity index (χ1v) is 9.80. The van der Waals surface area contributed by atoms with Gasteiger partial charge in [0.25, 0.3) is 0 Å². The van der Waals surface area contributed by atoms with E-state index >= 15 is 0 Å². The van der Waals surface area contributed by atoms with Gasteiger partial charge in [-0.15, -0.1) is 12.4 Å². The van der Waals surface area contributed by atoms with Gasteiger partial charge in [-0.2, -0.15) is 0 Å². The number of benzene rings is 2. The number of ether oxygens (including phenoxy) is 3. The Morgan fingerprint density at radius 2 is 1.76 bits per heavy atom. The zero-order chi connectivity index (χ0) is 19.3. The minimum atomic E-state index is -0.106. The smallest absolute Gasteiger partial charge is 0.231 e. The van der Waals surface area contributed by atoms with E-state index in [-0.39, 0.29) is 18.2 Å². The van der Waals surface area contributed by atoms with E-state index in [0.29, 0.717) is 23.7 Å². The van der Waals surface area contributed by atoms with Gasteiger partial charge in [-0.3, -0.25) is 9.69 Å². The second-order valence-electron chi connectivity index (χ2n) is 7.12. The van der Waals surface area contributed by atoms with E-state index in [1.165, 1.54) is 19.3 Å². The molecule has 0 atom stereocenters. The van der Waals surface area contributed by atoms with Crippen molar-refractivity contribution in [2.24, 2.45) is 0 Å². The Morgan fingerprint density at radius 3 is 2.48 bits per heavy atom.